The number of H-pyrrole nitrogens is 1. The number of fused-ring (bicyclic) bond motifs is 1. The van der Waals surface area contributed by atoms with Crippen LogP contribution in [0.15, 0.2) is 23.0 Å². The highest BCUT2D eigenvalue weighted by molar-refractivity contribution is 5.93. The van der Waals surface area contributed by atoms with Crippen LogP contribution in [-0.4, -0.2) is 23.0 Å². The van der Waals surface area contributed by atoms with Crippen molar-refractivity contribution in [3.63, 3.8) is 0 Å². The van der Waals surface area contributed by atoms with Crippen molar-refractivity contribution >= 4 is 16.9 Å². The summed E-state index contributed by atoms with van der Waals surface area (Å²) in [5, 5.41) is 0.499. The molecule has 1 aromatic carbocycles. The van der Waals surface area contributed by atoms with Crippen LogP contribution in [0.3, 0.4) is 0 Å². The second-order valence-corrected chi connectivity index (χ2v) is 5.16. The summed E-state index contributed by atoms with van der Waals surface area (Å²) in [4.78, 5) is 31.0. The highest BCUT2D eigenvalue weighted by Crippen LogP contribution is 2.32. The molecule has 5 nitrogen and oxygen atoms in total. The van der Waals surface area contributed by atoms with Gasteiger partial charge in [-0.25, -0.2) is 9.78 Å². The number of aromatic nitrogens is 2. The van der Waals surface area contributed by atoms with Gasteiger partial charge in [0.05, 0.1) is 23.6 Å². The molecule has 0 unspecified atom stereocenters. The molecule has 104 valence electrons. The quantitative estimate of drug-likeness (QED) is 0.852. The normalized spacial score (nSPS) is 15.7. The average molecular weight is 272 g/mol. The zero-order chi connectivity index (χ0) is 14.1. The molecule has 0 spiro atoms. The number of hydrogen-bond donors (Lipinski definition) is 1. The molecule has 20 heavy (non-hydrogen) atoms. The van der Waals surface area contributed by atoms with Crippen molar-refractivity contribution < 1.29 is 9.53 Å². The Morgan fingerprint density at radius 3 is 2.80 bits per heavy atom. The summed E-state index contributed by atoms with van der Waals surface area (Å²) in [6.45, 7) is 0. The van der Waals surface area contributed by atoms with Gasteiger partial charge in [-0.3, -0.25) is 4.79 Å². The van der Waals surface area contributed by atoms with E-state index in [0.29, 0.717) is 22.4 Å². The minimum atomic E-state index is -0.420. The fraction of sp³-hybridized carbons (Fsp3) is 0.400. The number of esters is 1. The van der Waals surface area contributed by atoms with Crippen LogP contribution < -0.4 is 5.56 Å². The maximum atomic E-state index is 12.1. The maximum absolute atomic E-state index is 12.1. The van der Waals surface area contributed by atoms with Gasteiger partial charge in [-0.1, -0.05) is 12.8 Å². The number of nitrogens with zero attached hydrogens (tertiary/aromatic N) is 1. The van der Waals surface area contributed by atoms with Crippen molar-refractivity contribution in [3.05, 3.63) is 39.9 Å². The van der Waals surface area contributed by atoms with Crippen LogP contribution >= 0.6 is 0 Å². The molecule has 3 rings (SSSR count). The second-order valence-electron chi connectivity index (χ2n) is 5.16. The fourth-order valence-electron chi connectivity index (χ4n) is 2.79. The number of hydrogen-bond acceptors (Lipinski definition) is 4. The van der Waals surface area contributed by atoms with E-state index in [1.165, 1.54) is 20.0 Å². The smallest absolute Gasteiger partial charge is 0.337 e. The van der Waals surface area contributed by atoms with Gasteiger partial charge in [0.25, 0.3) is 5.56 Å². The Hall–Kier alpha value is -2.17. The minimum absolute atomic E-state index is 0.145. The van der Waals surface area contributed by atoms with Gasteiger partial charge in [-0.15, -0.1) is 0 Å². The Morgan fingerprint density at radius 1 is 1.35 bits per heavy atom. The van der Waals surface area contributed by atoms with E-state index in [0.717, 1.165) is 18.7 Å². The van der Waals surface area contributed by atoms with Crippen LogP contribution in [-0.2, 0) is 4.74 Å². The van der Waals surface area contributed by atoms with Crippen molar-refractivity contribution in [2.75, 3.05) is 7.11 Å². The van der Waals surface area contributed by atoms with Crippen LogP contribution in [0.25, 0.3) is 10.9 Å². The monoisotopic (exact) mass is 272 g/mol. The van der Waals surface area contributed by atoms with E-state index < -0.39 is 5.97 Å². The summed E-state index contributed by atoms with van der Waals surface area (Å²) in [7, 11) is 1.34. The molecule has 1 fully saturated rings. The van der Waals surface area contributed by atoms with E-state index in [2.05, 4.69) is 9.97 Å². The fourth-order valence-corrected chi connectivity index (χ4v) is 2.79. The maximum Gasteiger partial charge on any atom is 0.337 e. The Bertz CT molecular complexity index is 715. The Morgan fingerprint density at radius 2 is 2.10 bits per heavy atom. The highest BCUT2D eigenvalue weighted by atomic mass is 16.5. The third-order valence-corrected chi connectivity index (χ3v) is 3.89. The Kier molecular flexibility index (Phi) is 3.26. The van der Waals surface area contributed by atoms with Gasteiger partial charge in [0.2, 0.25) is 0 Å². The molecule has 0 amide bonds. The molecule has 0 bridgehead atoms. The molecule has 1 aliphatic carbocycles. The largest absolute Gasteiger partial charge is 0.465 e. The first kappa shape index (κ1) is 12.8. The van der Waals surface area contributed by atoms with E-state index >= 15 is 0 Å². The molecule has 0 atom stereocenters. The van der Waals surface area contributed by atoms with E-state index in [4.69, 9.17) is 4.74 Å². The Labute approximate surface area is 116 Å². The number of benzene rings is 1. The molecule has 0 radical (unpaired) electrons. The second kappa shape index (κ2) is 5.07. The first-order valence-corrected chi connectivity index (χ1v) is 6.81. The molecular weight excluding hydrogens is 256 g/mol. The van der Waals surface area contributed by atoms with Gasteiger partial charge in [0.15, 0.2) is 0 Å². The van der Waals surface area contributed by atoms with Gasteiger partial charge < -0.3 is 9.72 Å². The lowest BCUT2D eigenvalue weighted by Gasteiger charge is -2.09. The number of ether oxygens (including phenoxy) is 1. The molecule has 1 N–H and O–H groups in total. The van der Waals surface area contributed by atoms with Gasteiger partial charge in [-0.2, -0.15) is 0 Å². The standard InChI is InChI=1S/C15H16N2O3/c1-20-15(19)10-6-7-11-12(8-10)16-13(17-14(11)18)9-4-2-3-5-9/h6-9H,2-5H2,1H3,(H,16,17,18). The first-order valence-electron chi connectivity index (χ1n) is 6.81. The van der Waals surface area contributed by atoms with E-state index in [-0.39, 0.29) is 5.56 Å². The number of aromatic amines is 1. The molecule has 1 heterocycles. The molecule has 2 aromatic rings. The van der Waals surface area contributed by atoms with Gasteiger partial charge in [0.1, 0.15) is 5.82 Å². The zero-order valence-corrected chi connectivity index (χ0v) is 11.3. The van der Waals surface area contributed by atoms with E-state index in [1.807, 2.05) is 0 Å². The lowest BCUT2D eigenvalue weighted by atomic mass is 10.1. The van der Waals surface area contributed by atoms with Crippen LogP contribution in [0.2, 0.25) is 0 Å². The Balaban J connectivity index is 2.12. The molecule has 1 aliphatic rings. The van der Waals surface area contributed by atoms with Crippen molar-refractivity contribution in [1.29, 1.82) is 0 Å². The minimum Gasteiger partial charge on any atom is -0.465 e. The topological polar surface area (TPSA) is 72.1 Å². The van der Waals surface area contributed by atoms with Crippen molar-refractivity contribution in [2.24, 2.45) is 0 Å². The predicted octanol–water partition coefficient (Wildman–Crippen LogP) is 2.37. The summed E-state index contributed by atoms with van der Waals surface area (Å²) in [5.74, 6) is 0.646. The average Bonchev–Trinajstić information content (AvgIpc) is 3.00. The first-order chi connectivity index (χ1) is 9.69. The molecule has 1 aromatic heterocycles. The third kappa shape index (κ3) is 2.19. The molecule has 0 saturated heterocycles. The summed E-state index contributed by atoms with van der Waals surface area (Å²) < 4.78 is 4.69. The van der Waals surface area contributed by atoms with Gasteiger partial charge in [-0.05, 0) is 31.0 Å². The number of nitrogens with one attached hydrogen (secondary N) is 1. The van der Waals surface area contributed by atoms with Crippen LogP contribution in [0.4, 0.5) is 0 Å². The van der Waals surface area contributed by atoms with Crippen LogP contribution in [0, 0.1) is 0 Å². The lowest BCUT2D eigenvalue weighted by Crippen LogP contribution is -2.14. The third-order valence-electron chi connectivity index (χ3n) is 3.89. The summed E-state index contributed by atoms with van der Waals surface area (Å²) in [6.07, 6.45) is 4.47. The molecule has 0 aliphatic heterocycles. The molecular formula is C15H16N2O3. The van der Waals surface area contributed by atoms with Crippen molar-refractivity contribution in [3.8, 4) is 0 Å². The highest BCUT2D eigenvalue weighted by Gasteiger charge is 2.20. The lowest BCUT2D eigenvalue weighted by molar-refractivity contribution is 0.0601. The summed E-state index contributed by atoms with van der Waals surface area (Å²) >= 11 is 0. The van der Waals surface area contributed by atoms with E-state index in [9.17, 15) is 9.59 Å². The van der Waals surface area contributed by atoms with E-state index in [1.54, 1.807) is 18.2 Å². The number of rotatable bonds is 2. The van der Waals surface area contributed by atoms with Crippen LogP contribution in [0.5, 0.6) is 0 Å². The zero-order valence-electron chi connectivity index (χ0n) is 11.3. The van der Waals surface area contributed by atoms with Crippen molar-refractivity contribution in [1.82, 2.24) is 9.97 Å². The molecule has 1 saturated carbocycles. The molecule has 5 heteroatoms. The van der Waals surface area contributed by atoms with Gasteiger partial charge >= 0.3 is 5.97 Å². The summed E-state index contributed by atoms with van der Waals surface area (Å²) in [6, 6.07) is 4.82. The summed E-state index contributed by atoms with van der Waals surface area (Å²) in [5.41, 5.74) is 0.822. The SMILES string of the molecule is COC(=O)c1ccc2c(=O)[nH]c(C3CCCC3)nc2c1. The number of carbonyl (C=O) groups excluding carboxylic acids is 1. The predicted molar refractivity (Wildman–Crippen MR) is 74.9 cm³/mol. The number of carbonyl (C=O) groups is 1. The van der Waals surface area contributed by atoms with Crippen LogP contribution in [0.1, 0.15) is 47.8 Å². The van der Waals surface area contributed by atoms with Crippen molar-refractivity contribution in [2.45, 2.75) is 31.6 Å². The van der Waals surface area contributed by atoms with Gasteiger partial charge in [0, 0.05) is 5.92 Å². The number of methoxy groups -OCH3 is 1.